The summed E-state index contributed by atoms with van der Waals surface area (Å²) in [5.41, 5.74) is 1.30. The molecule has 0 aliphatic rings. The molecule has 0 saturated carbocycles. The van der Waals surface area contributed by atoms with Gasteiger partial charge in [0.05, 0.1) is 15.7 Å². The molecule has 2 rings (SSSR count). The number of nitrogens with one attached hydrogen (secondary N) is 1. The van der Waals surface area contributed by atoms with Gasteiger partial charge in [-0.1, -0.05) is 35.3 Å². The van der Waals surface area contributed by atoms with Crippen molar-refractivity contribution in [2.75, 3.05) is 5.32 Å². The lowest BCUT2D eigenvalue weighted by molar-refractivity contribution is 0.101. The van der Waals surface area contributed by atoms with Gasteiger partial charge in [0.2, 0.25) is 0 Å². The van der Waals surface area contributed by atoms with Gasteiger partial charge in [-0.05, 0) is 37.3 Å². The molecule has 5 heteroatoms. The largest absolute Gasteiger partial charge is 0.321 e. The SMILES string of the molecule is CC(=O)c1ccccc1NC(=O)c1ccc(Cl)c(Cl)c1. The van der Waals surface area contributed by atoms with Crippen LogP contribution in [0.5, 0.6) is 0 Å². The molecule has 0 fully saturated rings. The number of carbonyl (C=O) groups is 2. The molecule has 20 heavy (non-hydrogen) atoms. The van der Waals surface area contributed by atoms with E-state index in [2.05, 4.69) is 5.32 Å². The van der Waals surface area contributed by atoms with E-state index in [9.17, 15) is 9.59 Å². The molecule has 0 aliphatic heterocycles. The highest BCUT2D eigenvalue weighted by molar-refractivity contribution is 6.42. The molecule has 0 radical (unpaired) electrons. The van der Waals surface area contributed by atoms with Crippen LogP contribution >= 0.6 is 23.2 Å². The molecule has 0 heterocycles. The van der Waals surface area contributed by atoms with Crippen LogP contribution in [-0.4, -0.2) is 11.7 Å². The Morgan fingerprint density at radius 3 is 2.35 bits per heavy atom. The third-order valence-electron chi connectivity index (χ3n) is 2.74. The van der Waals surface area contributed by atoms with Gasteiger partial charge in [0.25, 0.3) is 5.91 Å². The predicted octanol–water partition coefficient (Wildman–Crippen LogP) is 4.45. The van der Waals surface area contributed by atoms with Crippen LogP contribution in [-0.2, 0) is 0 Å². The van der Waals surface area contributed by atoms with Crippen LogP contribution in [0.2, 0.25) is 10.0 Å². The van der Waals surface area contributed by atoms with Gasteiger partial charge in [-0.15, -0.1) is 0 Å². The topological polar surface area (TPSA) is 46.2 Å². The molecule has 0 atom stereocenters. The second-order valence-electron chi connectivity index (χ2n) is 4.18. The van der Waals surface area contributed by atoms with E-state index in [0.717, 1.165) is 0 Å². The number of benzene rings is 2. The van der Waals surface area contributed by atoms with Gasteiger partial charge in [0.1, 0.15) is 0 Å². The van der Waals surface area contributed by atoms with Crippen molar-refractivity contribution in [3.63, 3.8) is 0 Å². The minimum atomic E-state index is -0.350. The van der Waals surface area contributed by atoms with Crippen LogP contribution in [0.25, 0.3) is 0 Å². The maximum Gasteiger partial charge on any atom is 0.255 e. The molecule has 102 valence electrons. The van der Waals surface area contributed by atoms with E-state index in [1.54, 1.807) is 36.4 Å². The Morgan fingerprint density at radius 2 is 1.70 bits per heavy atom. The fourth-order valence-electron chi connectivity index (χ4n) is 1.73. The molecule has 1 N–H and O–H groups in total. The van der Waals surface area contributed by atoms with Crippen LogP contribution in [0.3, 0.4) is 0 Å². The predicted molar refractivity (Wildman–Crippen MR) is 80.9 cm³/mol. The van der Waals surface area contributed by atoms with Crippen molar-refractivity contribution in [3.8, 4) is 0 Å². The molecular weight excluding hydrogens is 297 g/mol. The van der Waals surface area contributed by atoms with Gasteiger partial charge in [0.15, 0.2) is 5.78 Å². The van der Waals surface area contributed by atoms with Gasteiger partial charge >= 0.3 is 0 Å². The second kappa shape index (κ2) is 6.07. The highest BCUT2D eigenvalue weighted by atomic mass is 35.5. The summed E-state index contributed by atoms with van der Waals surface area (Å²) >= 11 is 11.7. The molecule has 1 amide bonds. The van der Waals surface area contributed by atoms with Gasteiger partial charge < -0.3 is 5.32 Å². The van der Waals surface area contributed by atoms with Gasteiger partial charge in [0, 0.05) is 11.1 Å². The molecular formula is C15H11Cl2NO2. The molecule has 3 nitrogen and oxygen atoms in total. The molecule has 0 aliphatic carbocycles. The molecule has 0 aromatic heterocycles. The minimum absolute atomic E-state index is 0.116. The summed E-state index contributed by atoms with van der Waals surface area (Å²) in [5.74, 6) is -0.465. The second-order valence-corrected chi connectivity index (χ2v) is 5.00. The van der Waals surface area contributed by atoms with E-state index in [1.807, 2.05) is 0 Å². The smallest absolute Gasteiger partial charge is 0.255 e. The zero-order chi connectivity index (χ0) is 14.7. The van der Waals surface area contributed by atoms with Gasteiger partial charge in [-0.2, -0.15) is 0 Å². The first-order valence-electron chi connectivity index (χ1n) is 5.85. The number of hydrogen-bond acceptors (Lipinski definition) is 2. The fraction of sp³-hybridized carbons (Fsp3) is 0.0667. The maximum atomic E-state index is 12.1. The van der Waals surface area contributed by atoms with Crippen molar-refractivity contribution in [2.24, 2.45) is 0 Å². The van der Waals surface area contributed by atoms with Crippen LogP contribution in [0, 0.1) is 0 Å². The lowest BCUT2D eigenvalue weighted by Crippen LogP contribution is -2.14. The Bertz CT molecular complexity index is 683. The molecule has 0 bridgehead atoms. The Balaban J connectivity index is 2.28. The van der Waals surface area contributed by atoms with E-state index in [0.29, 0.717) is 26.9 Å². The third-order valence-corrected chi connectivity index (χ3v) is 3.48. The number of hydrogen-bond donors (Lipinski definition) is 1. The fourth-order valence-corrected chi connectivity index (χ4v) is 2.03. The van der Waals surface area contributed by atoms with Crippen LogP contribution in [0.15, 0.2) is 42.5 Å². The number of anilines is 1. The Morgan fingerprint density at radius 1 is 1.00 bits per heavy atom. The van der Waals surface area contributed by atoms with Crippen LogP contribution in [0.4, 0.5) is 5.69 Å². The van der Waals surface area contributed by atoms with E-state index < -0.39 is 0 Å². The first-order valence-corrected chi connectivity index (χ1v) is 6.61. The van der Waals surface area contributed by atoms with Crippen molar-refractivity contribution in [2.45, 2.75) is 6.92 Å². The van der Waals surface area contributed by atoms with Crippen molar-refractivity contribution >= 4 is 40.6 Å². The molecule has 0 saturated heterocycles. The Labute approximate surface area is 126 Å². The Hall–Kier alpha value is -1.84. The summed E-state index contributed by atoms with van der Waals surface area (Å²) in [6, 6.07) is 11.4. The number of Topliss-reactive ketones (excluding diaryl/α,β-unsaturated/α-hetero) is 1. The highest BCUT2D eigenvalue weighted by Crippen LogP contribution is 2.23. The standard InChI is InChI=1S/C15H11Cl2NO2/c1-9(19)11-4-2-3-5-14(11)18-15(20)10-6-7-12(16)13(17)8-10/h2-8H,1H3,(H,18,20). The zero-order valence-electron chi connectivity index (χ0n) is 10.6. The van der Waals surface area contributed by atoms with E-state index >= 15 is 0 Å². The number of amides is 1. The van der Waals surface area contributed by atoms with Gasteiger partial charge in [-0.3, -0.25) is 9.59 Å². The van der Waals surface area contributed by atoms with Crippen molar-refractivity contribution in [3.05, 3.63) is 63.6 Å². The number of rotatable bonds is 3. The number of carbonyl (C=O) groups excluding carboxylic acids is 2. The van der Waals surface area contributed by atoms with Crippen LogP contribution < -0.4 is 5.32 Å². The molecule has 2 aromatic rings. The summed E-state index contributed by atoms with van der Waals surface area (Å²) in [7, 11) is 0. The number of halogens is 2. The average molecular weight is 308 g/mol. The summed E-state index contributed by atoms with van der Waals surface area (Å²) in [6.07, 6.45) is 0. The summed E-state index contributed by atoms with van der Waals surface area (Å²) < 4.78 is 0. The monoisotopic (exact) mass is 307 g/mol. The lowest BCUT2D eigenvalue weighted by Gasteiger charge is -2.09. The van der Waals surface area contributed by atoms with Crippen molar-refractivity contribution in [1.82, 2.24) is 0 Å². The minimum Gasteiger partial charge on any atom is -0.321 e. The number of para-hydroxylation sites is 1. The van der Waals surface area contributed by atoms with Gasteiger partial charge in [-0.25, -0.2) is 0 Å². The first kappa shape index (κ1) is 14.6. The van der Waals surface area contributed by atoms with Crippen molar-refractivity contribution in [1.29, 1.82) is 0 Å². The van der Waals surface area contributed by atoms with E-state index in [1.165, 1.54) is 13.0 Å². The molecule has 2 aromatic carbocycles. The zero-order valence-corrected chi connectivity index (χ0v) is 12.1. The Kier molecular flexibility index (Phi) is 4.42. The third kappa shape index (κ3) is 3.18. The normalized spacial score (nSPS) is 10.2. The number of ketones is 1. The highest BCUT2D eigenvalue weighted by Gasteiger charge is 2.12. The van der Waals surface area contributed by atoms with E-state index in [-0.39, 0.29) is 11.7 Å². The van der Waals surface area contributed by atoms with Crippen LogP contribution in [0.1, 0.15) is 27.6 Å². The maximum absolute atomic E-state index is 12.1. The first-order chi connectivity index (χ1) is 9.49. The lowest BCUT2D eigenvalue weighted by atomic mass is 10.1. The van der Waals surface area contributed by atoms with E-state index in [4.69, 9.17) is 23.2 Å². The summed E-state index contributed by atoms with van der Waals surface area (Å²) in [4.78, 5) is 23.6. The average Bonchev–Trinajstić information content (AvgIpc) is 2.42. The quantitative estimate of drug-likeness (QED) is 0.852. The summed E-state index contributed by atoms with van der Waals surface area (Å²) in [5, 5.41) is 3.38. The molecule has 0 spiro atoms. The van der Waals surface area contributed by atoms with Crippen molar-refractivity contribution < 1.29 is 9.59 Å². The molecule has 0 unspecified atom stereocenters. The summed E-state index contributed by atoms with van der Waals surface area (Å²) in [6.45, 7) is 1.45.